The van der Waals surface area contributed by atoms with Crippen LogP contribution >= 0.6 is 34.3 Å². The maximum atomic E-state index is 13.7. The Labute approximate surface area is 323 Å². The zero-order valence-corrected chi connectivity index (χ0v) is 31.6. The molecule has 3 aromatic heterocycles. The summed E-state index contributed by atoms with van der Waals surface area (Å²) in [6.45, 7) is 1.15. The number of likely N-dealkylation sites (N-methyl/N-ethyl adjacent to an activating group) is 1. The number of amides is 1. The van der Waals surface area contributed by atoms with Gasteiger partial charge in [0.15, 0.2) is 0 Å². The predicted molar refractivity (Wildman–Crippen MR) is 203 cm³/mol. The molecule has 3 aliphatic heterocycles. The molecule has 282 valence electrons. The van der Waals surface area contributed by atoms with E-state index in [1.807, 2.05) is 16.8 Å². The van der Waals surface area contributed by atoms with Crippen LogP contribution in [0.25, 0.3) is 10.9 Å². The van der Waals surface area contributed by atoms with Gasteiger partial charge in [0.05, 0.1) is 46.6 Å². The van der Waals surface area contributed by atoms with Crippen LogP contribution in [0.15, 0.2) is 82.3 Å². The second kappa shape index (κ2) is 14.5. The van der Waals surface area contributed by atoms with Crippen molar-refractivity contribution in [2.45, 2.75) is 67.9 Å². The number of morpholine rings is 1. The third-order valence-electron chi connectivity index (χ3n) is 11.2. The Morgan fingerprint density at radius 1 is 1.07 bits per heavy atom. The number of halogens is 1. The highest BCUT2D eigenvalue weighted by Gasteiger charge is 2.72. The molecule has 3 aliphatic rings. The van der Waals surface area contributed by atoms with Crippen molar-refractivity contribution in [3.8, 4) is 5.75 Å². The quantitative estimate of drug-likeness (QED) is 0.0667. The van der Waals surface area contributed by atoms with Crippen LogP contribution in [-0.2, 0) is 31.2 Å². The predicted octanol–water partition coefficient (Wildman–Crippen LogP) is 4.14. The molecule has 0 radical (unpaired) electrons. The number of carbonyl (C=O) groups excluding carboxylic acids is 2. The number of aromatic amines is 1. The molecule has 0 saturated carbocycles. The molecule has 3 fully saturated rings. The molecule has 6 heterocycles. The number of fused-ring (bicyclic) bond motifs is 6. The molecule has 2 bridgehead atoms. The van der Waals surface area contributed by atoms with E-state index in [0.29, 0.717) is 61.8 Å². The van der Waals surface area contributed by atoms with E-state index in [1.165, 1.54) is 40.9 Å². The Morgan fingerprint density at radius 2 is 1.78 bits per heavy atom. The molecule has 5 aromatic rings. The molecule has 15 heteroatoms. The third-order valence-corrected chi connectivity index (χ3v) is 13.5. The van der Waals surface area contributed by atoms with Crippen molar-refractivity contribution in [3.05, 3.63) is 114 Å². The van der Waals surface area contributed by atoms with Crippen molar-refractivity contribution >= 4 is 62.7 Å². The number of nitrogens with one attached hydrogen (secondary N) is 3. The van der Waals surface area contributed by atoms with Crippen LogP contribution in [-0.4, -0.2) is 82.1 Å². The fraction of sp³-hybridized carbons (Fsp3) is 0.359. The van der Waals surface area contributed by atoms with Crippen molar-refractivity contribution in [1.29, 1.82) is 0 Å². The normalized spacial score (nSPS) is 24.9. The molecular weight excluding hydrogens is 752 g/mol. The number of benzene rings is 2. The number of rotatable bonds is 13. The molecule has 1 amide bonds. The number of aliphatic hydroxyl groups is 2. The van der Waals surface area contributed by atoms with Gasteiger partial charge in [0.25, 0.3) is 0 Å². The summed E-state index contributed by atoms with van der Waals surface area (Å²) in [6, 6.07) is 18.3. The van der Waals surface area contributed by atoms with Gasteiger partial charge in [-0.3, -0.25) is 9.59 Å². The number of piperidine rings is 1. The molecule has 12 nitrogen and oxygen atoms in total. The summed E-state index contributed by atoms with van der Waals surface area (Å²) in [7, 11) is 2.15. The molecule has 8 rings (SSSR count). The van der Waals surface area contributed by atoms with Crippen molar-refractivity contribution in [1.82, 2.24) is 10.3 Å². The third kappa shape index (κ3) is 6.75. The van der Waals surface area contributed by atoms with Crippen molar-refractivity contribution in [2.24, 2.45) is 0 Å². The van der Waals surface area contributed by atoms with Gasteiger partial charge in [0.2, 0.25) is 17.1 Å². The zero-order chi connectivity index (χ0) is 37.8. The van der Waals surface area contributed by atoms with E-state index in [4.69, 9.17) is 21.1 Å². The Kier molecular flexibility index (Phi) is 9.90. The molecule has 5 N–H and O–H groups in total. The number of esters is 1. The molecule has 5 atom stereocenters. The second-order valence-electron chi connectivity index (χ2n) is 14.5. The zero-order valence-electron chi connectivity index (χ0n) is 29.2. The van der Waals surface area contributed by atoms with E-state index >= 15 is 0 Å². The van der Waals surface area contributed by atoms with Crippen LogP contribution in [0.1, 0.15) is 46.2 Å². The number of H-pyrrole nitrogens is 1. The van der Waals surface area contributed by atoms with Crippen LogP contribution in [0, 0.1) is 0 Å². The lowest BCUT2D eigenvalue weighted by Gasteiger charge is -2.48. The Hall–Kier alpha value is -4.12. The van der Waals surface area contributed by atoms with Crippen LogP contribution in [0.2, 0.25) is 5.02 Å². The number of pyridine rings is 1. The van der Waals surface area contributed by atoms with Gasteiger partial charge in [-0.1, -0.05) is 47.7 Å². The number of epoxide rings is 1. The number of aromatic nitrogens is 1. The SMILES string of the molecule is C[N+]1(CCC(=O)Nc2ccc(CNC[C@H](O)c3ccc([O-])c4[nH]c(=O)ccc34)cc2Cl)C2CC(OC(=O)C(O)(c3cccs3)c3cccs3)CC1C1OC12. The number of hydrogen-bond donors (Lipinski definition) is 5. The summed E-state index contributed by atoms with van der Waals surface area (Å²) in [6.07, 6.45) is 0.225. The van der Waals surface area contributed by atoms with Gasteiger partial charge in [0.1, 0.15) is 30.4 Å². The Bertz CT molecular complexity index is 2190. The summed E-state index contributed by atoms with van der Waals surface area (Å²) in [5.41, 5.74) is -0.220. The van der Waals surface area contributed by atoms with Gasteiger partial charge >= 0.3 is 5.97 Å². The maximum Gasteiger partial charge on any atom is 0.349 e. The number of thiophene rings is 2. The Morgan fingerprint density at radius 3 is 2.43 bits per heavy atom. The summed E-state index contributed by atoms with van der Waals surface area (Å²) in [4.78, 5) is 42.2. The minimum Gasteiger partial charge on any atom is -0.871 e. The molecule has 3 saturated heterocycles. The van der Waals surface area contributed by atoms with Crippen LogP contribution < -0.4 is 21.3 Å². The van der Waals surface area contributed by atoms with Crippen LogP contribution in [0.4, 0.5) is 5.69 Å². The van der Waals surface area contributed by atoms with E-state index < -0.39 is 17.7 Å². The van der Waals surface area contributed by atoms with Crippen molar-refractivity contribution in [2.75, 3.05) is 25.5 Å². The number of carbonyl (C=O) groups is 2. The van der Waals surface area contributed by atoms with Gasteiger partial charge in [-0.25, -0.2) is 4.79 Å². The first-order valence-electron chi connectivity index (χ1n) is 17.8. The highest BCUT2D eigenvalue weighted by molar-refractivity contribution is 7.12. The topological polar surface area (TPSA) is 176 Å². The van der Waals surface area contributed by atoms with Gasteiger partial charge < -0.3 is 44.9 Å². The lowest BCUT2D eigenvalue weighted by Crippen LogP contribution is -2.63. The summed E-state index contributed by atoms with van der Waals surface area (Å²) in [5, 5.41) is 45.4. The molecule has 2 aromatic carbocycles. The van der Waals surface area contributed by atoms with Crippen LogP contribution in [0.5, 0.6) is 5.75 Å². The van der Waals surface area contributed by atoms with Gasteiger partial charge in [-0.2, -0.15) is 0 Å². The fourth-order valence-corrected chi connectivity index (χ4v) is 10.3. The Balaban J connectivity index is 0.842. The first kappa shape index (κ1) is 36.8. The molecule has 54 heavy (non-hydrogen) atoms. The molecule has 4 unspecified atom stereocenters. The minimum atomic E-state index is -1.86. The minimum absolute atomic E-state index is 0.0543. The highest BCUT2D eigenvalue weighted by atomic mass is 35.5. The van der Waals surface area contributed by atoms with E-state index in [-0.39, 0.29) is 66.1 Å². The first-order chi connectivity index (χ1) is 26.0. The first-order valence-corrected chi connectivity index (χ1v) is 19.9. The number of hydrogen-bond acceptors (Lipinski definition) is 11. The second-order valence-corrected chi connectivity index (χ2v) is 16.8. The van der Waals surface area contributed by atoms with Gasteiger partial charge in [-0.15, -0.1) is 22.7 Å². The van der Waals surface area contributed by atoms with E-state index in [1.54, 1.807) is 42.5 Å². The number of nitrogens with zero attached hydrogens (tertiary/aromatic N) is 1. The number of aliphatic hydroxyl groups excluding tert-OH is 1. The summed E-state index contributed by atoms with van der Waals surface area (Å²) >= 11 is 9.22. The summed E-state index contributed by atoms with van der Waals surface area (Å²) in [5.74, 6) is -1.15. The fourth-order valence-electron chi connectivity index (χ4n) is 8.34. The molecule has 0 spiro atoms. The number of quaternary nitrogens is 1. The largest absolute Gasteiger partial charge is 0.871 e. The summed E-state index contributed by atoms with van der Waals surface area (Å²) < 4.78 is 12.7. The standard InChI is InChI=1S/C39H39ClN4O8S2/c1-44(27-17-22(18-28(44)37-36(27)52-37)51-38(49)39(50,31-4-2-14-53-31)32-5-3-15-54-32)13-12-34(48)42-26-9-6-21(16-25(26)40)19-41-20-30(46)23-7-10-29(45)35-24(23)8-11-33(47)43-35/h2-11,14-16,22,27-28,30,36-37,41,46,50H,12-13,17-20H2,1H3,(H2-,42,43,45,47,48)/t22?,27?,28?,30-,36?,37?,44?/m0/s1. The van der Waals surface area contributed by atoms with Crippen molar-refractivity contribution < 1.29 is 38.9 Å². The van der Waals surface area contributed by atoms with E-state index in [2.05, 4.69) is 22.7 Å². The highest BCUT2D eigenvalue weighted by Crippen LogP contribution is 2.53. The smallest absolute Gasteiger partial charge is 0.349 e. The number of ether oxygens (including phenoxy) is 2. The van der Waals surface area contributed by atoms with E-state index in [9.17, 15) is 29.7 Å². The monoisotopic (exact) mass is 790 g/mol. The average Bonchev–Trinajstić information content (AvgIpc) is 3.44. The lowest BCUT2D eigenvalue weighted by molar-refractivity contribution is -0.955. The number of anilines is 1. The molecular formula is C39H39ClN4O8S2. The molecule has 0 aliphatic carbocycles. The maximum absolute atomic E-state index is 13.7. The van der Waals surface area contributed by atoms with Gasteiger partial charge in [0, 0.05) is 42.9 Å². The van der Waals surface area contributed by atoms with Crippen LogP contribution in [0.3, 0.4) is 0 Å². The lowest BCUT2D eigenvalue weighted by atomic mass is 9.94. The van der Waals surface area contributed by atoms with Gasteiger partial charge in [-0.05, 0) is 52.2 Å². The van der Waals surface area contributed by atoms with E-state index in [0.717, 1.165) is 5.56 Å². The van der Waals surface area contributed by atoms with Crippen molar-refractivity contribution in [3.63, 3.8) is 0 Å². The average molecular weight is 791 g/mol.